The molecule has 1 saturated heterocycles. The number of carbonyl (C=O) groups is 2. The minimum atomic E-state index is -3.40. The number of carboxylic acid groups (broad SMARTS) is 1. The number of ether oxygens (including phenoxy) is 1. The highest BCUT2D eigenvalue weighted by atomic mass is 32.2. The topological polar surface area (TPSA) is 101 Å². The van der Waals surface area contributed by atoms with Crippen LogP contribution in [0.15, 0.2) is 0 Å². The molecule has 0 atom stereocenters. The molecule has 0 amide bonds. The molecule has 0 bridgehead atoms. The maximum atomic E-state index is 12.0. The predicted octanol–water partition coefficient (Wildman–Crippen LogP) is 0.0660. The van der Waals surface area contributed by atoms with E-state index in [4.69, 9.17) is 5.11 Å². The summed E-state index contributed by atoms with van der Waals surface area (Å²) >= 11 is 0. The second-order valence-electron chi connectivity index (χ2n) is 4.51. The van der Waals surface area contributed by atoms with Gasteiger partial charge < -0.3 is 9.84 Å². The van der Waals surface area contributed by atoms with Gasteiger partial charge >= 0.3 is 11.9 Å². The number of sulfonamides is 1. The lowest BCUT2D eigenvalue weighted by Crippen LogP contribution is -2.41. The van der Waals surface area contributed by atoms with Gasteiger partial charge in [-0.1, -0.05) is 0 Å². The third-order valence-electron chi connectivity index (χ3n) is 3.21. The summed E-state index contributed by atoms with van der Waals surface area (Å²) in [5.74, 6) is -1.87. The summed E-state index contributed by atoms with van der Waals surface area (Å²) < 4.78 is 29.7. The Morgan fingerprint density at radius 2 is 1.89 bits per heavy atom. The number of hydrogen-bond acceptors (Lipinski definition) is 5. The quantitative estimate of drug-likeness (QED) is 0.695. The van der Waals surface area contributed by atoms with Gasteiger partial charge in [-0.15, -0.1) is 0 Å². The third kappa shape index (κ3) is 4.79. The van der Waals surface area contributed by atoms with Gasteiger partial charge in [0.05, 0.1) is 18.8 Å². The fourth-order valence-electron chi connectivity index (χ4n) is 2.01. The Morgan fingerprint density at radius 1 is 1.32 bits per heavy atom. The fraction of sp³-hybridized carbons (Fsp3) is 0.818. The molecular weight excluding hydrogens is 274 g/mol. The number of piperidine rings is 1. The number of hydrogen-bond donors (Lipinski definition) is 1. The first-order chi connectivity index (χ1) is 8.86. The molecule has 1 rings (SSSR count). The predicted molar refractivity (Wildman–Crippen MR) is 67.0 cm³/mol. The maximum absolute atomic E-state index is 12.0. The Balaban J connectivity index is 2.42. The molecule has 110 valence electrons. The Bertz CT molecular complexity index is 424. The summed E-state index contributed by atoms with van der Waals surface area (Å²) in [5.41, 5.74) is 0. The van der Waals surface area contributed by atoms with E-state index in [1.54, 1.807) is 0 Å². The number of aliphatic carboxylic acids is 1. The van der Waals surface area contributed by atoms with E-state index in [1.165, 1.54) is 11.4 Å². The van der Waals surface area contributed by atoms with Gasteiger partial charge in [0.1, 0.15) is 0 Å². The fourth-order valence-corrected chi connectivity index (χ4v) is 3.55. The average Bonchev–Trinajstić information content (AvgIpc) is 2.38. The lowest BCUT2D eigenvalue weighted by Gasteiger charge is -2.29. The van der Waals surface area contributed by atoms with Gasteiger partial charge in [0.25, 0.3) is 0 Å². The summed E-state index contributed by atoms with van der Waals surface area (Å²) in [4.78, 5) is 21.7. The normalized spacial score (nSPS) is 18.2. The summed E-state index contributed by atoms with van der Waals surface area (Å²) in [6.45, 7) is 0.467. The van der Waals surface area contributed by atoms with E-state index in [2.05, 4.69) is 4.74 Å². The molecule has 0 saturated carbocycles. The van der Waals surface area contributed by atoms with Crippen molar-refractivity contribution in [3.63, 3.8) is 0 Å². The second kappa shape index (κ2) is 6.85. The molecule has 0 aromatic heterocycles. The molecule has 1 N–H and O–H groups in total. The van der Waals surface area contributed by atoms with Crippen LogP contribution in [0.5, 0.6) is 0 Å². The van der Waals surface area contributed by atoms with Crippen LogP contribution in [-0.4, -0.2) is 55.7 Å². The second-order valence-corrected chi connectivity index (χ2v) is 6.60. The van der Waals surface area contributed by atoms with Crippen molar-refractivity contribution in [2.24, 2.45) is 5.92 Å². The summed E-state index contributed by atoms with van der Waals surface area (Å²) in [6, 6.07) is 0. The monoisotopic (exact) mass is 293 g/mol. The Kier molecular flexibility index (Phi) is 5.74. The molecule has 0 aromatic rings. The van der Waals surface area contributed by atoms with E-state index < -0.39 is 27.9 Å². The van der Waals surface area contributed by atoms with Crippen LogP contribution < -0.4 is 0 Å². The van der Waals surface area contributed by atoms with E-state index in [9.17, 15) is 18.0 Å². The molecule has 0 radical (unpaired) electrons. The minimum Gasteiger partial charge on any atom is -0.481 e. The first kappa shape index (κ1) is 15.9. The van der Waals surface area contributed by atoms with Gasteiger partial charge in [0.2, 0.25) is 10.0 Å². The summed E-state index contributed by atoms with van der Waals surface area (Å²) in [7, 11) is -2.15. The number of carboxylic acids is 1. The molecule has 7 nitrogen and oxygen atoms in total. The van der Waals surface area contributed by atoms with Gasteiger partial charge in [0.15, 0.2) is 0 Å². The van der Waals surface area contributed by atoms with Crippen molar-refractivity contribution < 1.29 is 27.9 Å². The van der Waals surface area contributed by atoms with Crippen LogP contribution in [0.1, 0.15) is 25.7 Å². The SMILES string of the molecule is COC(=O)CCCS(=O)(=O)N1CCC(C(=O)O)CC1. The number of nitrogens with zero attached hydrogens (tertiary/aromatic N) is 1. The van der Waals surface area contributed by atoms with Crippen molar-refractivity contribution in [1.29, 1.82) is 0 Å². The third-order valence-corrected chi connectivity index (χ3v) is 5.16. The van der Waals surface area contributed by atoms with E-state index >= 15 is 0 Å². The Labute approximate surface area is 112 Å². The van der Waals surface area contributed by atoms with Crippen molar-refractivity contribution in [2.45, 2.75) is 25.7 Å². The van der Waals surface area contributed by atoms with E-state index in [0.717, 1.165) is 0 Å². The van der Waals surface area contributed by atoms with E-state index in [-0.39, 0.29) is 31.7 Å². The molecule has 0 spiro atoms. The lowest BCUT2D eigenvalue weighted by atomic mass is 9.99. The average molecular weight is 293 g/mol. The zero-order valence-corrected chi connectivity index (χ0v) is 11.7. The molecule has 1 heterocycles. The number of carbonyl (C=O) groups excluding carboxylic acids is 1. The maximum Gasteiger partial charge on any atom is 0.306 e. The largest absolute Gasteiger partial charge is 0.481 e. The molecule has 8 heteroatoms. The van der Waals surface area contributed by atoms with Crippen molar-refractivity contribution in [3.8, 4) is 0 Å². The summed E-state index contributed by atoms with van der Waals surface area (Å²) in [6.07, 6.45) is 0.965. The van der Waals surface area contributed by atoms with Crippen molar-refractivity contribution in [3.05, 3.63) is 0 Å². The molecule has 0 unspecified atom stereocenters. The lowest BCUT2D eigenvalue weighted by molar-refractivity contribution is -0.143. The van der Waals surface area contributed by atoms with Gasteiger partial charge in [-0.25, -0.2) is 12.7 Å². The van der Waals surface area contributed by atoms with E-state index in [1.807, 2.05) is 0 Å². The van der Waals surface area contributed by atoms with Gasteiger partial charge in [-0.05, 0) is 19.3 Å². The highest BCUT2D eigenvalue weighted by Gasteiger charge is 2.30. The smallest absolute Gasteiger partial charge is 0.306 e. The Hall–Kier alpha value is -1.15. The van der Waals surface area contributed by atoms with E-state index in [0.29, 0.717) is 12.8 Å². The highest BCUT2D eigenvalue weighted by molar-refractivity contribution is 7.89. The highest BCUT2D eigenvalue weighted by Crippen LogP contribution is 2.20. The molecular formula is C11H19NO6S. The summed E-state index contributed by atoms with van der Waals surface area (Å²) in [5, 5.41) is 8.84. The number of esters is 1. The van der Waals surface area contributed by atoms with Crippen molar-refractivity contribution in [2.75, 3.05) is 26.0 Å². The minimum absolute atomic E-state index is 0.0708. The van der Waals surface area contributed by atoms with Gasteiger partial charge in [-0.3, -0.25) is 9.59 Å². The van der Waals surface area contributed by atoms with Crippen LogP contribution in [0, 0.1) is 5.92 Å². The first-order valence-electron chi connectivity index (χ1n) is 6.14. The molecule has 19 heavy (non-hydrogen) atoms. The Morgan fingerprint density at radius 3 is 2.37 bits per heavy atom. The van der Waals surface area contributed by atoms with Crippen LogP contribution in [0.3, 0.4) is 0 Å². The molecule has 1 aliphatic rings. The van der Waals surface area contributed by atoms with Gasteiger partial charge in [-0.2, -0.15) is 0 Å². The number of rotatable bonds is 6. The molecule has 1 fully saturated rings. The van der Waals surface area contributed by atoms with Crippen molar-refractivity contribution in [1.82, 2.24) is 4.31 Å². The van der Waals surface area contributed by atoms with Crippen molar-refractivity contribution >= 4 is 22.0 Å². The van der Waals surface area contributed by atoms with Crippen LogP contribution >= 0.6 is 0 Å². The molecule has 0 aliphatic carbocycles. The van der Waals surface area contributed by atoms with Crippen LogP contribution in [0.2, 0.25) is 0 Å². The van der Waals surface area contributed by atoms with Gasteiger partial charge in [0, 0.05) is 19.5 Å². The number of methoxy groups -OCH3 is 1. The van der Waals surface area contributed by atoms with Crippen LogP contribution in [0.25, 0.3) is 0 Å². The van der Waals surface area contributed by atoms with Crippen LogP contribution in [0.4, 0.5) is 0 Å². The van der Waals surface area contributed by atoms with Crippen LogP contribution in [-0.2, 0) is 24.3 Å². The first-order valence-corrected chi connectivity index (χ1v) is 7.75. The zero-order valence-electron chi connectivity index (χ0n) is 10.9. The molecule has 1 aliphatic heterocycles. The molecule has 0 aromatic carbocycles. The zero-order chi connectivity index (χ0) is 14.5. The standard InChI is InChI=1S/C11H19NO6S/c1-18-10(13)3-2-8-19(16,17)12-6-4-9(5-7-12)11(14)15/h9H,2-8H2,1H3,(H,14,15).